The highest BCUT2D eigenvalue weighted by molar-refractivity contribution is 9.10. The van der Waals surface area contributed by atoms with E-state index in [1.807, 2.05) is 26.8 Å². The molecule has 0 aromatic heterocycles. The van der Waals surface area contributed by atoms with Gasteiger partial charge in [-0.05, 0) is 45.9 Å². The number of esters is 1. The highest BCUT2D eigenvalue weighted by Crippen LogP contribution is 2.21. The number of ether oxygens (including phenoxy) is 1. The van der Waals surface area contributed by atoms with Crippen LogP contribution in [-0.2, 0) is 9.53 Å². The first-order chi connectivity index (χ1) is 8.73. The van der Waals surface area contributed by atoms with Crippen LogP contribution in [0.3, 0.4) is 0 Å². The Balaban J connectivity index is 2.80. The highest BCUT2D eigenvalue weighted by Gasteiger charge is 2.22. The van der Waals surface area contributed by atoms with E-state index in [1.165, 1.54) is 0 Å². The number of hydrogen-bond acceptors (Lipinski definition) is 4. The Kier molecular flexibility index (Phi) is 4.96. The molecule has 0 aliphatic heterocycles. The fourth-order valence-corrected chi connectivity index (χ4v) is 1.78. The zero-order valence-electron chi connectivity index (χ0n) is 11.5. The van der Waals surface area contributed by atoms with Crippen LogP contribution in [0.2, 0.25) is 0 Å². The standard InChI is InChI=1S/C14H17BrN2O2/c1-9(13(18)19-14(2,3)4)17-12-6-5-11(15)7-10(12)8-16/h5-7,9,17H,1-4H3. The van der Waals surface area contributed by atoms with Gasteiger partial charge in [-0.25, -0.2) is 4.79 Å². The molecule has 0 bridgehead atoms. The first-order valence-electron chi connectivity index (χ1n) is 5.92. The van der Waals surface area contributed by atoms with Crippen molar-refractivity contribution in [2.75, 3.05) is 5.32 Å². The van der Waals surface area contributed by atoms with Gasteiger partial charge in [-0.2, -0.15) is 5.26 Å². The van der Waals surface area contributed by atoms with E-state index in [0.29, 0.717) is 11.3 Å². The van der Waals surface area contributed by atoms with E-state index >= 15 is 0 Å². The SMILES string of the molecule is CC(Nc1ccc(Br)cc1C#N)C(=O)OC(C)(C)C. The lowest BCUT2D eigenvalue weighted by molar-refractivity contribution is -0.155. The number of carbonyl (C=O) groups excluding carboxylic acids is 1. The van der Waals surface area contributed by atoms with Gasteiger partial charge < -0.3 is 10.1 Å². The van der Waals surface area contributed by atoms with Gasteiger partial charge in [0.2, 0.25) is 0 Å². The van der Waals surface area contributed by atoms with Crippen LogP contribution in [0, 0.1) is 11.3 Å². The molecule has 1 N–H and O–H groups in total. The summed E-state index contributed by atoms with van der Waals surface area (Å²) in [7, 11) is 0. The van der Waals surface area contributed by atoms with E-state index < -0.39 is 11.6 Å². The van der Waals surface area contributed by atoms with E-state index in [1.54, 1.807) is 19.1 Å². The molecule has 0 saturated heterocycles. The Morgan fingerprint density at radius 1 is 1.47 bits per heavy atom. The van der Waals surface area contributed by atoms with Crippen LogP contribution in [-0.4, -0.2) is 17.6 Å². The molecule has 0 aliphatic carbocycles. The molecular formula is C14H17BrN2O2. The third kappa shape index (κ3) is 4.92. The smallest absolute Gasteiger partial charge is 0.328 e. The van der Waals surface area contributed by atoms with Gasteiger partial charge >= 0.3 is 5.97 Å². The van der Waals surface area contributed by atoms with Crippen LogP contribution in [0.5, 0.6) is 0 Å². The Morgan fingerprint density at radius 2 is 2.11 bits per heavy atom. The van der Waals surface area contributed by atoms with E-state index in [-0.39, 0.29) is 5.97 Å². The summed E-state index contributed by atoms with van der Waals surface area (Å²) in [5.74, 6) is -0.348. The number of nitrogens with zero attached hydrogens (tertiary/aromatic N) is 1. The first-order valence-corrected chi connectivity index (χ1v) is 6.71. The number of carbonyl (C=O) groups is 1. The molecule has 1 unspecified atom stereocenters. The summed E-state index contributed by atoms with van der Waals surface area (Å²) in [6.07, 6.45) is 0. The summed E-state index contributed by atoms with van der Waals surface area (Å²) in [5.41, 5.74) is 0.569. The molecule has 0 fully saturated rings. The van der Waals surface area contributed by atoms with E-state index in [0.717, 1.165) is 4.47 Å². The van der Waals surface area contributed by atoms with Crippen molar-refractivity contribution in [3.8, 4) is 6.07 Å². The molecule has 0 aliphatic rings. The lowest BCUT2D eigenvalue weighted by atomic mass is 10.1. The molecule has 1 aromatic rings. The summed E-state index contributed by atoms with van der Waals surface area (Å²) in [4.78, 5) is 11.9. The van der Waals surface area contributed by atoms with Crippen LogP contribution < -0.4 is 5.32 Å². The number of nitrogens with one attached hydrogen (secondary N) is 1. The Hall–Kier alpha value is -1.54. The topological polar surface area (TPSA) is 62.1 Å². The van der Waals surface area contributed by atoms with E-state index in [2.05, 4.69) is 27.3 Å². The van der Waals surface area contributed by atoms with Gasteiger partial charge in [0.15, 0.2) is 0 Å². The zero-order valence-corrected chi connectivity index (χ0v) is 13.0. The van der Waals surface area contributed by atoms with Crippen molar-refractivity contribution >= 4 is 27.6 Å². The van der Waals surface area contributed by atoms with E-state index in [9.17, 15) is 4.79 Å². The fraction of sp³-hybridized carbons (Fsp3) is 0.429. The number of rotatable bonds is 3. The average molecular weight is 325 g/mol. The molecule has 4 nitrogen and oxygen atoms in total. The third-order valence-corrected chi connectivity index (χ3v) is 2.73. The van der Waals surface area contributed by atoms with Crippen LogP contribution in [0.4, 0.5) is 5.69 Å². The second kappa shape index (κ2) is 6.07. The monoisotopic (exact) mass is 324 g/mol. The quantitative estimate of drug-likeness (QED) is 0.865. The summed E-state index contributed by atoms with van der Waals surface area (Å²) in [5, 5.41) is 12.0. The lowest BCUT2D eigenvalue weighted by Gasteiger charge is -2.23. The van der Waals surface area contributed by atoms with Crippen LogP contribution >= 0.6 is 15.9 Å². The lowest BCUT2D eigenvalue weighted by Crippen LogP contribution is -2.34. The molecule has 0 amide bonds. The minimum atomic E-state index is -0.523. The number of benzene rings is 1. The average Bonchev–Trinajstić information content (AvgIpc) is 2.29. The predicted octanol–water partition coefficient (Wildman–Crippen LogP) is 3.46. The van der Waals surface area contributed by atoms with Gasteiger partial charge in [-0.1, -0.05) is 15.9 Å². The molecule has 0 heterocycles. The van der Waals surface area contributed by atoms with Crippen molar-refractivity contribution in [1.82, 2.24) is 0 Å². The van der Waals surface area contributed by atoms with Crippen molar-refractivity contribution in [1.29, 1.82) is 5.26 Å². The Labute approximate surface area is 121 Å². The molecule has 102 valence electrons. The minimum Gasteiger partial charge on any atom is -0.458 e. The molecule has 19 heavy (non-hydrogen) atoms. The second-order valence-electron chi connectivity index (χ2n) is 5.20. The molecule has 1 aromatic carbocycles. The Morgan fingerprint density at radius 3 is 2.63 bits per heavy atom. The fourth-order valence-electron chi connectivity index (χ4n) is 1.42. The number of nitriles is 1. The normalized spacial score (nSPS) is 12.4. The van der Waals surface area contributed by atoms with Crippen LogP contribution in [0.25, 0.3) is 0 Å². The predicted molar refractivity (Wildman–Crippen MR) is 77.8 cm³/mol. The zero-order chi connectivity index (χ0) is 14.6. The Bertz CT molecular complexity index is 515. The third-order valence-electron chi connectivity index (χ3n) is 2.23. The van der Waals surface area contributed by atoms with Crippen molar-refractivity contribution in [3.63, 3.8) is 0 Å². The summed E-state index contributed by atoms with van der Waals surface area (Å²) >= 11 is 3.30. The van der Waals surface area contributed by atoms with Crippen LogP contribution in [0.15, 0.2) is 22.7 Å². The highest BCUT2D eigenvalue weighted by atomic mass is 79.9. The minimum absolute atomic E-state index is 0.348. The molecule has 5 heteroatoms. The van der Waals surface area contributed by atoms with Crippen molar-refractivity contribution in [2.24, 2.45) is 0 Å². The number of halogens is 1. The summed E-state index contributed by atoms with van der Waals surface area (Å²) < 4.78 is 6.09. The van der Waals surface area contributed by atoms with Gasteiger partial charge in [0.1, 0.15) is 17.7 Å². The van der Waals surface area contributed by atoms with Gasteiger partial charge in [-0.15, -0.1) is 0 Å². The maximum atomic E-state index is 11.9. The summed E-state index contributed by atoms with van der Waals surface area (Å²) in [6, 6.07) is 6.83. The largest absolute Gasteiger partial charge is 0.458 e. The molecule has 1 atom stereocenters. The molecule has 0 radical (unpaired) electrons. The van der Waals surface area contributed by atoms with Crippen molar-refractivity contribution in [3.05, 3.63) is 28.2 Å². The van der Waals surface area contributed by atoms with Gasteiger partial charge in [0.25, 0.3) is 0 Å². The van der Waals surface area contributed by atoms with E-state index in [4.69, 9.17) is 10.00 Å². The molecule has 1 rings (SSSR count). The van der Waals surface area contributed by atoms with Gasteiger partial charge in [-0.3, -0.25) is 0 Å². The maximum absolute atomic E-state index is 11.9. The first kappa shape index (κ1) is 15.5. The van der Waals surface area contributed by atoms with Crippen molar-refractivity contribution in [2.45, 2.75) is 39.3 Å². The molecule has 0 spiro atoms. The molecule has 0 saturated carbocycles. The second-order valence-corrected chi connectivity index (χ2v) is 6.12. The number of hydrogen-bond donors (Lipinski definition) is 1. The van der Waals surface area contributed by atoms with Gasteiger partial charge in [0.05, 0.1) is 11.3 Å². The van der Waals surface area contributed by atoms with Gasteiger partial charge in [0, 0.05) is 4.47 Å². The van der Waals surface area contributed by atoms with Crippen molar-refractivity contribution < 1.29 is 9.53 Å². The summed E-state index contributed by atoms with van der Waals surface area (Å²) in [6.45, 7) is 7.16. The van der Waals surface area contributed by atoms with Crippen LogP contribution in [0.1, 0.15) is 33.3 Å². The molecular weight excluding hydrogens is 308 g/mol. The maximum Gasteiger partial charge on any atom is 0.328 e. The number of anilines is 1.